The lowest BCUT2D eigenvalue weighted by molar-refractivity contribution is -0.384. The topological polar surface area (TPSA) is 121 Å². The molecule has 0 saturated heterocycles. The number of halogens is 1. The predicted octanol–water partition coefficient (Wildman–Crippen LogP) is 3.25. The van der Waals surface area contributed by atoms with Gasteiger partial charge >= 0.3 is 5.69 Å². The van der Waals surface area contributed by atoms with Gasteiger partial charge in [-0.1, -0.05) is 17.7 Å². The highest BCUT2D eigenvalue weighted by molar-refractivity contribution is 7.90. The zero-order valence-electron chi connectivity index (χ0n) is 15.5. The van der Waals surface area contributed by atoms with Gasteiger partial charge in [0.25, 0.3) is 0 Å². The van der Waals surface area contributed by atoms with Crippen molar-refractivity contribution in [2.24, 2.45) is 0 Å². The van der Waals surface area contributed by atoms with Crippen molar-refractivity contribution in [1.82, 2.24) is 4.98 Å². The second kappa shape index (κ2) is 9.07. The Morgan fingerprint density at radius 1 is 1.32 bits per heavy atom. The van der Waals surface area contributed by atoms with Gasteiger partial charge in [-0.25, -0.2) is 13.4 Å². The van der Waals surface area contributed by atoms with Gasteiger partial charge in [-0.2, -0.15) is 0 Å². The van der Waals surface area contributed by atoms with E-state index in [1.807, 2.05) is 0 Å². The maximum absolute atomic E-state index is 11.9. The summed E-state index contributed by atoms with van der Waals surface area (Å²) in [4.78, 5) is 14.6. The molecule has 1 heterocycles. The molecule has 1 aromatic heterocycles. The van der Waals surface area contributed by atoms with Gasteiger partial charge in [0.15, 0.2) is 11.5 Å². The van der Waals surface area contributed by atoms with E-state index in [4.69, 9.17) is 21.1 Å². The summed E-state index contributed by atoms with van der Waals surface area (Å²) in [6, 6.07) is 5.26. The molecule has 0 aliphatic rings. The maximum Gasteiger partial charge on any atom is 0.312 e. The summed E-state index contributed by atoms with van der Waals surface area (Å²) in [7, 11) is -1.94. The molecular formula is C17H20ClN3O6S. The minimum absolute atomic E-state index is 0.0863. The van der Waals surface area contributed by atoms with Gasteiger partial charge in [0.2, 0.25) is 5.82 Å². The molecule has 0 bridgehead atoms. The average Bonchev–Trinajstić information content (AvgIpc) is 2.61. The molecule has 9 nitrogen and oxygen atoms in total. The third kappa shape index (κ3) is 5.70. The lowest BCUT2D eigenvalue weighted by Gasteiger charge is -2.20. The first-order chi connectivity index (χ1) is 13.1. The van der Waals surface area contributed by atoms with E-state index in [0.717, 1.165) is 12.3 Å². The minimum Gasteiger partial charge on any atom is -0.493 e. The third-order valence-corrected chi connectivity index (χ3v) is 4.85. The number of pyridine rings is 1. The zero-order valence-corrected chi connectivity index (χ0v) is 17.1. The molecule has 1 N–H and O–H groups in total. The van der Waals surface area contributed by atoms with Crippen LogP contribution in [0.15, 0.2) is 30.5 Å². The molecule has 0 spiro atoms. The van der Waals surface area contributed by atoms with E-state index in [0.29, 0.717) is 23.7 Å². The summed E-state index contributed by atoms with van der Waals surface area (Å²) in [6.45, 7) is 2.19. The van der Waals surface area contributed by atoms with Crippen LogP contribution in [0.5, 0.6) is 11.5 Å². The number of aromatic nitrogens is 1. The number of nitro groups is 1. The van der Waals surface area contributed by atoms with Crippen LogP contribution in [0.25, 0.3) is 0 Å². The van der Waals surface area contributed by atoms with E-state index < -0.39 is 20.8 Å². The van der Waals surface area contributed by atoms with E-state index in [-0.39, 0.29) is 22.3 Å². The number of ether oxygens (including phenoxy) is 2. The predicted molar refractivity (Wildman–Crippen MR) is 106 cm³/mol. The quantitative estimate of drug-likeness (QED) is 0.476. The molecule has 28 heavy (non-hydrogen) atoms. The van der Waals surface area contributed by atoms with Crippen LogP contribution >= 0.6 is 11.6 Å². The molecule has 152 valence electrons. The summed E-state index contributed by atoms with van der Waals surface area (Å²) in [5.74, 6) is 0.518. The fourth-order valence-electron chi connectivity index (χ4n) is 2.55. The van der Waals surface area contributed by atoms with Crippen molar-refractivity contribution in [2.75, 3.05) is 31.0 Å². The van der Waals surface area contributed by atoms with Crippen LogP contribution in [0.1, 0.15) is 18.5 Å². The van der Waals surface area contributed by atoms with Crippen LogP contribution in [-0.2, 0) is 9.84 Å². The fraction of sp³-hybridized carbons (Fsp3) is 0.353. The van der Waals surface area contributed by atoms with E-state index in [2.05, 4.69) is 10.3 Å². The zero-order chi connectivity index (χ0) is 20.9. The Balaban J connectivity index is 2.50. The Kier molecular flexibility index (Phi) is 7.03. The Morgan fingerprint density at radius 2 is 2.04 bits per heavy atom. The monoisotopic (exact) mass is 429 g/mol. The molecule has 2 aromatic rings. The summed E-state index contributed by atoms with van der Waals surface area (Å²) >= 11 is 5.79. The first-order valence-corrected chi connectivity index (χ1v) is 10.6. The second-order valence-corrected chi connectivity index (χ2v) is 8.53. The van der Waals surface area contributed by atoms with Crippen molar-refractivity contribution >= 4 is 32.9 Å². The van der Waals surface area contributed by atoms with Gasteiger partial charge in [-0.15, -0.1) is 0 Å². The molecule has 0 amide bonds. The van der Waals surface area contributed by atoms with E-state index in [9.17, 15) is 18.5 Å². The maximum atomic E-state index is 11.9. The van der Waals surface area contributed by atoms with Gasteiger partial charge in [0, 0.05) is 18.5 Å². The minimum atomic E-state index is -3.43. The van der Waals surface area contributed by atoms with Crippen LogP contribution in [-0.4, -0.2) is 44.1 Å². The van der Waals surface area contributed by atoms with Crippen LogP contribution < -0.4 is 14.8 Å². The van der Waals surface area contributed by atoms with Crippen molar-refractivity contribution in [2.45, 2.75) is 13.0 Å². The summed E-state index contributed by atoms with van der Waals surface area (Å²) in [5.41, 5.74) is 0.185. The van der Waals surface area contributed by atoms with Crippen LogP contribution in [0.3, 0.4) is 0 Å². The smallest absolute Gasteiger partial charge is 0.312 e. The highest BCUT2D eigenvalue weighted by Crippen LogP contribution is 2.34. The number of hydrogen-bond acceptors (Lipinski definition) is 8. The first-order valence-electron chi connectivity index (χ1n) is 8.19. The van der Waals surface area contributed by atoms with Crippen molar-refractivity contribution in [3.05, 3.63) is 51.2 Å². The molecule has 0 aliphatic heterocycles. The van der Waals surface area contributed by atoms with Crippen molar-refractivity contribution in [3.8, 4) is 11.5 Å². The molecule has 0 radical (unpaired) electrons. The number of sulfone groups is 1. The van der Waals surface area contributed by atoms with Crippen molar-refractivity contribution < 1.29 is 22.8 Å². The normalized spacial score (nSPS) is 12.3. The van der Waals surface area contributed by atoms with Gasteiger partial charge in [0.1, 0.15) is 9.84 Å². The number of rotatable bonds is 9. The molecule has 0 fully saturated rings. The standard InChI is InChI=1S/C17H20ClN3O6S/c1-4-27-16-7-11(5-6-15(16)26-2)13(10-28(3,24)25)20-17-14(21(22)23)8-12(18)9-19-17/h5-9,13H,4,10H2,1-3H3,(H,19,20)/t13-/m1/s1. The number of nitrogens with zero attached hydrogens (tertiary/aromatic N) is 2. The SMILES string of the molecule is CCOc1cc([C@@H](CS(C)(=O)=O)Nc2ncc(Cl)cc2[N+](=O)[O-])ccc1OC. The summed E-state index contributed by atoms with van der Waals surface area (Å²) in [5, 5.41) is 14.3. The Labute approximate surface area is 167 Å². The Morgan fingerprint density at radius 3 is 2.61 bits per heavy atom. The number of anilines is 1. The molecule has 2 rings (SSSR count). The highest BCUT2D eigenvalue weighted by atomic mass is 35.5. The largest absolute Gasteiger partial charge is 0.493 e. The van der Waals surface area contributed by atoms with Gasteiger partial charge in [-0.05, 0) is 24.6 Å². The van der Waals surface area contributed by atoms with Gasteiger partial charge < -0.3 is 14.8 Å². The molecule has 0 saturated carbocycles. The Bertz CT molecular complexity index is 967. The second-order valence-electron chi connectivity index (χ2n) is 5.91. The van der Waals surface area contributed by atoms with E-state index in [1.165, 1.54) is 13.3 Å². The van der Waals surface area contributed by atoms with Crippen LogP contribution in [0.4, 0.5) is 11.5 Å². The molecule has 1 aromatic carbocycles. The molecule has 0 aliphatic carbocycles. The highest BCUT2D eigenvalue weighted by Gasteiger charge is 2.24. The fourth-order valence-corrected chi connectivity index (χ4v) is 3.58. The van der Waals surface area contributed by atoms with Crippen LogP contribution in [0, 0.1) is 10.1 Å². The summed E-state index contributed by atoms with van der Waals surface area (Å²) in [6.07, 6.45) is 2.33. The van der Waals surface area contributed by atoms with Crippen molar-refractivity contribution in [3.63, 3.8) is 0 Å². The number of nitrogens with one attached hydrogen (secondary N) is 1. The lowest BCUT2D eigenvalue weighted by Crippen LogP contribution is -2.22. The molecular weight excluding hydrogens is 410 g/mol. The van der Waals surface area contributed by atoms with Crippen molar-refractivity contribution in [1.29, 1.82) is 0 Å². The van der Waals surface area contributed by atoms with Gasteiger partial charge in [-0.3, -0.25) is 10.1 Å². The average molecular weight is 430 g/mol. The first kappa shape index (κ1) is 21.7. The Hall–Kier alpha value is -2.59. The van der Waals surface area contributed by atoms with Gasteiger partial charge in [0.05, 0.1) is 35.5 Å². The number of methoxy groups -OCH3 is 1. The summed E-state index contributed by atoms with van der Waals surface area (Å²) < 4.78 is 34.6. The third-order valence-electron chi connectivity index (χ3n) is 3.70. The molecule has 11 heteroatoms. The van der Waals surface area contributed by atoms with E-state index >= 15 is 0 Å². The van der Waals surface area contributed by atoms with Crippen LogP contribution in [0.2, 0.25) is 5.02 Å². The molecule has 1 atom stereocenters. The number of benzene rings is 1. The molecule has 0 unspecified atom stereocenters. The number of hydrogen-bond donors (Lipinski definition) is 1. The lowest BCUT2D eigenvalue weighted by atomic mass is 10.1. The van der Waals surface area contributed by atoms with E-state index in [1.54, 1.807) is 25.1 Å².